The summed E-state index contributed by atoms with van der Waals surface area (Å²) in [5.74, 6) is 1.60. The van der Waals surface area contributed by atoms with Crippen molar-refractivity contribution < 1.29 is 4.74 Å². The first-order valence-corrected chi connectivity index (χ1v) is 8.98. The van der Waals surface area contributed by atoms with Gasteiger partial charge in [0.15, 0.2) is 0 Å². The first-order valence-electron chi connectivity index (χ1n) is 8.98. The number of anilines is 1. The summed E-state index contributed by atoms with van der Waals surface area (Å²) in [5.41, 5.74) is 5.66. The molecule has 28 heavy (non-hydrogen) atoms. The molecule has 1 aromatic carbocycles. The van der Waals surface area contributed by atoms with E-state index in [4.69, 9.17) is 4.74 Å². The van der Waals surface area contributed by atoms with Crippen molar-refractivity contribution in [2.24, 2.45) is 0 Å². The number of nitrogens with one attached hydrogen (secondary N) is 1. The molecule has 0 saturated carbocycles. The van der Waals surface area contributed by atoms with Crippen molar-refractivity contribution in [1.29, 1.82) is 0 Å². The van der Waals surface area contributed by atoms with Crippen LogP contribution < -0.4 is 10.1 Å². The highest BCUT2D eigenvalue weighted by atomic mass is 16.5. The van der Waals surface area contributed by atoms with E-state index in [1.165, 1.54) is 0 Å². The first kappa shape index (κ1) is 17.7. The van der Waals surface area contributed by atoms with Crippen LogP contribution in [-0.2, 0) is 0 Å². The molecule has 0 aliphatic rings. The van der Waals surface area contributed by atoms with Crippen molar-refractivity contribution in [2.75, 3.05) is 19.5 Å². The van der Waals surface area contributed by atoms with Gasteiger partial charge in [-0.2, -0.15) is 0 Å². The van der Waals surface area contributed by atoms with E-state index in [-0.39, 0.29) is 0 Å². The van der Waals surface area contributed by atoms with Gasteiger partial charge in [0.2, 0.25) is 0 Å². The third kappa shape index (κ3) is 3.55. The van der Waals surface area contributed by atoms with E-state index in [1.807, 2.05) is 74.0 Å². The Balaban J connectivity index is 1.81. The molecule has 4 aromatic rings. The number of aromatic nitrogens is 3. The highest BCUT2D eigenvalue weighted by Gasteiger charge is 2.10. The van der Waals surface area contributed by atoms with Gasteiger partial charge >= 0.3 is 0 Å². The fraction of sp³-hybridized carbons (Fsp3) is 0.0870. The minimum Gasteiger partial charge on any atom is -0.496 e. The highest BCUT2D eigenvalue weighted by molar-refractivity contribution is 5.78. The van der Waals surface area contributed by atoms with Crippen LogP contribution in [0.5, 0.6) is 5.75 Å². The van der Waals surface area contributed by atoms with Crippen LogP contribution in [0.3, 0.4) is 0 Å². The molecule has 0 amide bonds. The molecule has 0 aliphatic heterocycles. The number of benzene rings is 1. The lowest BCUT2D eigenvalue weighted by molar-refractivity contribution is 0.416. The third-order valence-electron chi connectivity index (χ3n) is 4.50. The monoisotopic (exact) mass is 368 g/mol. The minimum atomic E-state index is 0.779. The molecule has 1 N–H and O–H groups in total. The van der Waals surface area contributed by atoms with Crippen molar-refractivity contribution in [3.05, 3.63) is 79.3 Å². The molecule has 0 unspecified atom stereocenters. The van der Waals surface area contributed by atoms with Crippen LogP contribution in [-0.4, -0.2) is 29.1 Å². The fourth-order valence-corrected chi connectivity index (χ4v) is 3.10. The van der Waals surface area contributed by atoms with E-state index in [0.29, 0.717) is 0 Å². The molecule has 0 fully saturated rings. The zero-order chi connectivity index (χ0) is 19.3. The Bertz CT molecular complexity index is 1100. The normalized spacial score (nSPS) is 10.5. The Hall–Kier alpha value is -3.73. The molecule has 5 heteroatoms. The predicted molar refractivity (Wildman–Crippen MR) is 112 cm³/mol. The third-order valence-corrected chi connectivity index (χ3v) is 4.50. The standard InChI is InChI=1S/C23H20N4O/c1-24-23-13-16(12-21(27-23)20-8-5-6-10-26-20)17-11-18(15-25-14-17)19-7-3-4-9-22(19)28-2/h3-15H,1-2H3,(H,24,27). The highest BCUT2D eigenvalue weighted by Crippen LogP contribution is 2.33. The molecule has 0 spiro atoms. The van der Waals surface area contributed by atoms with Crippen LogP contribution in [0.1, 0.15) is 0 Å². The zero-order valence-corrected chi connectivity index (χ0v) is 15.8. The van der Waals surface area contributed by atoms with Gasteiger partial charge in [-0.05, 0) is 42.0 Å². The summed E-state index contributed by atoms with van der Waals surface area (Å²) in [6.07, 6.45) is 5.48. The molecule has 3 aromatic heterocycles. The lowest BCUT2D eigenvalue weighted by atomic mass is 10.0. The van der Waals surface area contributed by atoms with Gasteiger partial charge in [-0.1, -0.05) is 24.3 Å². The summed E-state index contributed by atoms with van der Waals surface area (Å²) in [6, 6.07) is 19.9. The summed E-state index contributed by atoms with van der Waals surface area (Å²) in [4.78, 5) is 13.5. The number of pyridine rings is 3. The number of hydrogen-bond acceptors (Lipinski definition) is 5. The zero-order valence-electron chi connectivity index (χ0n) is 15.8. The molecule has 0 bridgehead atoms. The topological polar surface area (TPSA) is 59.9 Å². The van der Waals surface area contributed by atoms with E-state index in [2.05, 4.69) is 26.3 Å². The summed E-state index contributed by atoms with van der Waals surface area (Å²) in [6.45, 7) is 0. The maximum Gasteiger partial charge on any atom is 0.127 e. The molecule has 0 saturated heterocycles. The van der Waals surface area contributed by atoms with Crippen molar-refractivity contribution >= 4 is 5.82 Å². The Morgan fingerprint density at radius 1 is 0.821 bits per heavy atom. The van der Waals surface area contributed by atoms with Gasteiger partial charge in [0.05, 0.1) is 18.5 Å². The number of methoxy groups -OCH3 is 1. The number of nitrogens with zero attached hydrogens (tertiary/aromatic N) is 3. The van der Waals surface area contributed by atoms with Crippen molar-refractivity contribution in [3.8, 4) is 39.4 Å². The van der Waals surface area contributed by atoms with Crippen molar-refractivity contribution in [1.82, 2.24) is 15.0 Å². The maximum atomic E-state index is 5.50. The molecular weight excluding hydrogens is 348 g/mol. The molecule has 0 aliphatic carbocycles. The number of rotatable bonds is 5. The Kier molecular flexibility index (Phi) is 4.97. The van der Waals surface area contributed by atoms with Crippen LogP contribution in [0.4, 0.5) is 5.82 Å². The van der Waals surface area contributed by atoms with Gasteiger partial charge in [-0.3, -0.25) is 9.97 Å². The molecule has 138 valence electrons. The van der Waals surface area contributed by atoms with E-state index in [9.17, 15) is 0 Å². The lowest BCUT2D eigenvalue weighted by Gasteiger charge is -2.11. The largest absolute Gasteiger partial charge is 0.496 e. The first-order chi connectivity index (χ1) is 13.8. The van der Waals surface area contributed by atoms with Crippen LogP contribution in [0.15, 0.2) is 79.3 Å². The van der Waals surface area contributed by atoms with E-state index < -0.39 is 0 Å². The summed E-state index contributed by atoms with van der Waals surface area (Å²) in [7, 11) is 3.54. The van der Waals surface area contributed by atoms with E-state index in [1.54, 1.807) is 13.3 Å². The average molecular weight is 368 g/mol. The quantitative estimate of drug-likeness (QED) is 0.542. The molecule has 4 rings (SSSR count). The molecule has 3 heterocycles. The summed E-state index contributed by atoms with van der Waals surface area (Å²) in [5, 5.41) is 3.13. The van der Waals surface area contributed by atoms with Gasteiger partial charge in [-0.15, -0.1) is 0 Å². The van der Waals surface area contributed by atoms with Gasteiger partial charge in [-0.25, -0.2) is 4.98 Å². The van der Waals surface area contributed by atoms with Crippen molar-refractivity contribution in [2.45, 2.75) is 0 Å². The predicted octanol–water partition coefficient (Wildman–Crippen LogP) is 4.92. The SMILES string of the molecule is CNc1cc(-c2cncc(-c3ccccc3OC)c2)cc(-c2ccccn2)n1. The second-order valence-corrected chi connectivity index (χ2v) is 6.25. The number of ether oxygens (including phenoxy) is 1. The average Bonchev–Trinajstić information content (AvgIpc) is 2.79. The number of para-hydroxylation sites is 1. The van der Waals surface area contributed by atoms with Crippen LogP contribution in [0, 0.1) is 0 Å². The van der Waals surface area contributed by atoms with Gasteiger partial charge in [0.25, 0.3) is 0 Å². The molecule has 0 radical (unpaired) electrons. The maximum absolute atomic E-state index is 5.50. The molecular formula is C23H20N4O. The molecule has 0 atom stereocenters. The lowest BCUT2D eigenvalue weighted by Crippen LogP contribution is -1.96. The van der Waals surface area contributed by atoms with Gasteiger partial charge in [0, 0.05) is 42.3 Å². The fourth-order valence-electron chi connectivity index (χ4n) is 3.10. The molecule has 5 nitrogen and oxygen atoms in total. The van der Waals surface area contributed by atoms with E-state index >= 15 is 0 Å². The second-order valence-electron chi connectivity index (χ2n) is 6.25. The minimum absolute atomic E-state index is 0.779. The Morgan fingerprint density at radius 3 is 2.43 bits per heavy atom. The van der Waals surface area contributed by atoms with Crippen LogP contribution in [0.2, 0.25) is 0 Å². The van der Waals surface area contributed by atoms with Crippen LogP contribution >= 0.6 is 0 Å². The van der Waals surface area contributed by atoms with Gasteiger partial charge < -0.3 is 10.1 Å². The van der Waals surface area contributed by atoms with E-state index in [0.717, 1.165) is 45.2 Å². The summed E-state index contributed by atoms with van der Waals surface area (Å²) >= 11 is 0. The van der Waals surface area contributed by atoms with Crippen molar-refractivity contribution in [3.63, 3.8) is 0 Å². The summed E-state index contributed by atoms with van der Waals surface area (Å²) < 4.78 is 5.50. The number of hydrogen-bond donors (Lipinski definition) is 1. The van der Waals surface area contributed by atoms with Crippen LogP contribution in [0.25, 0.3) is 33.6 Å². The Labute approximate surface area is 164 Å². The second kappa shape index (κ2) is 7.88. The smallest absolute Gasteiger partial charge is 0.127 e. The Morgan fingerprint density at radius 2 is 1.64 bits per heavy atom. The van der Waals surface area contributed by atoms with Gasteiger partial charge in [0.1, 0.15) is 11.6 Å².